The van der Waals surface area contributed by atoms with Crippen LogP contribution in [-0.2, 0) is 17.6 Å². The van der Waals surface area contributed by atoms with Crippen LogP contribution >= 0.6 is 0 Å². The topological polar surface area (TPSA) is 129 Å². The highest BCUT2D eigenvalue weighted by Crippen LogP contribution is 2.32. The highest BCUT2D eigenvalue weighted by molar-refractivity contribution is 5.46. The van der Waals surface area contributed by atoms with E-state index in [4.69, 9.17) is 14.2 Å². The summed E-state index contributed by atoms with van der Waals surface area (Å²) in [6.07, 6.45) is -5.54. The van der Waals surface area contributed by atoms with E-state index in [2.05, 4.69) is 0 Å². The summed E-state index contributed by atoms with van der Waals surface area (Å²) in [7, 11) is 1.61. The average Bonchev–Trinajstić information content (AvgIpc) is 2.76. The zero-order valence-corrected chi connectivity index (χ0v) is 16.9. The molecule has 8 nitrogen and oxygen atoms in total. The van der Waals surface area contributed by atoms with Crippen molar-refractivity contribution in [1.29, 1.82) is 0 Å². The summed E-state index contributed by atoms with van der Waals surface area (Å²) < 4.78 is 16.3. The van der Waals surface area contributed by atoms with E-state index in [1.54, 1.807) is 26.2 Å². The lowest BCUT2D eigenvalue weighted by Gasteiger charge is -2.39. The Balaban J connectivity index is 1.74. The van der Waals surface area contributed by atoms with Crippen LogP contribution in [0.3, 0.4) is 0 Å². The Morgan fingerprint density at radius 1 is 0.933 bits per heavy atom. The van der Waals surface area contributed by atoms with Crippen LogP contribution < -0.4 is 9.47 Å². The van der Waals surface area contributed by atoms with Gasteiger partial charge in [-0.15, -0.1) is 0 Å². The lowest BCUT2D eigenvalue weighted by Crippen LogP contribution is -2.60. The number of rotatable bonds is 7. The molecule has 164 valence electrons. The van der Waals surface area contributed by atoms with Crippen LogP contribution in [0.4, 0.5) is 0 Å². The average molecular weight is 420 g/mol. The van der Waals surface area contributed by atoms with Gasteiger partial charge in [-0.2, -0.15) is 0 Å². The number of benzene rings is 2. The van der Waals surface area contributed by atoms with Gasteiger partial charge in [-0.1, -0.05) is 12.1 Å². The second kappa shape index (κ2) is 9.63. The first kappa shape index (κ1) is 22.3. The van der Waals surface area contributed by atoms with E-state index in [-0.39, 0.29) is 11.5 Å². The standard InChI is InChI=1S/C22H28O8/c1-12-16(24)9-14(4-3-13-5-7-15(28-2)8-6-13)10-17(12)29-22-21(27)20(26)19(25)18(11-23)30-22/h5-10,18-27H,3-4,11H2,1-2H3. The third-order valence-corrected chi connectivity index (χ3v) is 5.35. The quantitative estimate of drug-likeness (QED) is 0.442. The van der Waals surface area contributed by atoms with Crippen LogP contribution in [0.2, 0.25) is 0 Å². The molecule has 1 aliphatic rings. The number of ether oxygens (including phenoxy) is 3. The molecule has 0 aromatic heterocycles. The molecule has 1 saturated heterocycles. The summed E-state index contributed by atoms with van der Waals surface area (Å²) in [4.78, 5) is 0. The summed E-state index contributed by atoms with van der Waals surface area (Å²) in [6.45, 7) is 1.11. The largest absolute Gasteiger partial charge is 0.508 e. The summed E-state index contributed by atoms with van der Waals surface area (Å²) in [5, 5.41) is 49.7. The van der Waals surface area contributed by atoms with Gasteiger partial charge in [0.05, 0.1) is 13.7 Å². The third kappa shape index (κ3) is 4.85. The molecule has 1 aliphatic heterocycles. The fraction of sp³-hybridized carbons (Fsp3) is 0.455. The molecule has 1 heterocycles. The van der Waals surface area contributed by atoms with Crippen molar-refractivity contribution in [3.63, 3.8) is 0 Å². The van der Waals surface area contributed by atoms with E-state index >= 15 is 0 Å². The van der Waals surface area contributed by atoms with E-state index in [0.29, 0.717) is 12.0 Å². The Morgan fingerprint density at radius 2 is 1.60 bits per heavy atom. The molecule has 0 amide bonds. The maximum Gasteiger partial charge on any atom is 0.229 e. The number of aryl methyl sites for hydroxylation is 2. The zero-order chi connectivity index (χ0) is 21.8. The molecule has 8 heteroatoms. The summed E-state index contributed by atoms with van der Waals surface area (Å²) in [5.74, 6) is 1.09. The monoisotopic (exact) mass is 420 g/mol. The molecule has 0 aliphatic carbocycles. The van der Waals surface area contributed by atoms with Crippen molar-refractivity contribution in [2.75, 3.05) is 13.7 Å². The first-order valence-corrected chi connectivity index (χ1v) is 9.76. The van der Waals surface area contributed by atoms with Crippen molar-refractivity contribution < 1.29 is 39.7 Å². The third-order valence-electron chi connectivity index (χ3n) is 5.35. The molecule has 1 fully saturated rings. The number of methoxy groups -OCH3 is 1. The molecule has 0 radical (unpaired) electrons. The number of hydrogen-bond acceptors (Lipinski definition) is 8. The van der Waals surface area contributed by atoms with Gasteiger partial charge in [0.1, 0.15) is 41.7 Å². The molecule has 5 N–H and O–H groups in total. The van der Waals surface area contributed by atoms with Crippen LogP contribution in [0.15, 0.2) is 36.4 Å². The Kier molecular flexibility index (Phi) is 7.17. The van der Waals surface area contributed by atoms with Gasteiger partial charge < -0.3 is 39.7 Å². The molecule has 30 heavy (non-hydrogen) atoms. The minimum atomic E-state index is -1.53. The Labute approximate surface area is 174 Å². The van der Waals surface area contributed by atoms with Gasteiger partial charge in [-0.25, -0.2) is 0 Å². The van der Waals surface area contributed by atoms with Gasteiger partial charge in [0.25, 0.3) is 0 Å². The molecule has 0 bridgehead atoms. The number of hydrogen-bond donors (Lipinski definition) is 5. The normalized spacial score (nSPS) is 26.4. The number of aromatic hydroxyl groups is 1. The molecular weight excluding hydrogens is 392 g/mol. The lowest BCUT2D eigenvalue weighted by atomic mass is 9.99. The van der Waals surface area contributed by atoms with Gasteiger partial charge in [-0.05, 0) is 55.2 Å². The lowest BCUT2D eigenvalue weighted by molar-refractivity contribution is -0.277. The highest BCUT2D eigenvalue weighted by Gasteiger charge is 2.44. The minimum Gasteiger partial charge on any atom is -0.508 e. The van der Waals surface area contributed by atoms with Crippen molar-refractivity contribution in [3.8, 4) is 17.2 Å². The van der Waals surface area contributed by atoms with E-state index in [1.165, 1.54) is 0 Å². The van der Waals surface area contributed by atoms with Gasteiger partial charge >= 0.3 is 0 Å². The number of phenols is 1. The second-order valence-electron chi connectivity index (χ2n) is 7.40. The van der Waals surface area contributed by atoms with Gasteiger partial charge in [-0.3, -0.25) is 0 Å². The summed E-state index contributed by atoms with van der Waals surface area (Å²) in [5.41, 5.74) is 2.36. The maximum atomic E-state index is 10.3. The molecule has 0 saturated carbocycles. The zero-order valence-electron chi connectivity index (χ0n) is 16.9. The van der Waals surface area contributed by atoms with Crippen LogP contribution in [0.25, 0.3) is 0 Å². The van der Waals surface area contributed by atoms with E-state index in [0.717, 1.165) is 23.3 Å². The Bertz CT molecular complexity index is 836. The van der Waals surface area contributed by atoms with Crippen LogP contribution in [-0.4, -0.2) is 70.0 Å². The van der Waals surface area contributed by atoms with Gasteiger partial charge in [0, 0.05) is 5.56 Å². The van der Waals surface area contributed by atoms with Crippen molar-refractivity contribution in [2.24, 2.45) is 0 Å². The number of phenolic OH excluding ortho intramolecular Hbond substituents is 1. The molecule has 2 aromatic carbocycles. The predicted octanol–water partition coefficient (Wildman–Crippen LogP) is 0.673. The molecule has 3 rings (SSSR count). The van der Waals surface area contributed by atoms with E-state index in [9.17, 15) is 25.5 Å². The smallest absolute Gasteiger partial charge is 0.229 e. The number of aliphatic hydroxyl groups excluding tert-OH is 4. The molecule has 5 atom stereocenters. The first-order valence-electron chi connectivity index (χ1n) is 9.76. The number of aliphatic hydroxyl groups is 4. The van der Waals surface area contributed by atoms with Crippen LogP contribution in [0.1, 0.15) is 16.7 Å². The fourth-order valence-corrected chi connectivity index (χ4v) is 3.37. The predicted molar refractivity (Wildman–Crippen MR) is 108 cm³/mol. The van der Waals surface area contributed by atoms with Crippen molar-refractivity contribution in [1.82, 2.24) is 0 Å². The summed E-state index contributed by atoms with van der Waals surface area (Å²) in [6, 6.07) is 11.1. The Morgan fingerprint density at radius 3 is 2.23 bits per heavy atom. The van der Waals surface area contributed by atoms with E-state index in [1.807, 2.05) is 24.3 Å². The Hall–Kier alpha value is -2.36. The molecular formula is C22H28O8. The minimum absolute atomic E-state index is 0.0295. The molecule has 5 unspecified atom stereocenters. The fourth-order valence-electron chi connectivity index (χ4n) is 3.37. The molecule has 0 spiro atoms. The SMILES string of the molecule is COc1ccc(CCc2cc(O)c(C)c(OC3OC(CO)C(O)C(O)C3O)c2)cc1. The first-order chi connectivity index (χ1) is 14.3. The van der Waals surface area contributed by atoms with Crippen molar-refractivity contribution in [2.45, 2.75) is 50.5 Å². The summed E-state index contributed by atoms with van der Waals surface area (Å²) >= 11 is 0. The van der Waals surface area contributed by atoms with Gasteiger partial charge in [0.15, 0.2) is 0 Å². The van der Waals surface area contributed by atoms with E-state index < -0.39 is 37.3 Å². The highest BCUT2D eigenvalue weighted by atomic mass is 16.7. The van der Waals surface area contributed by atoms with Gasteiger partial charge in [0.2, 0.25) is 6.29 Å². The maximum absolute atomic E-state index is 10.3. The second-order valence-corrected chi connectivity index (χ2v) is 7.40. The van der Waals surface area contributed by atoms with Crippen LogP contribution in [0.5, 0.6) is 17.2 Å². The molecule has 2 aromatic rings. The van der Waals surface area contributed by atoms with Crippen LogP contribution in [0, 0.1) is 6.92 Å². The van der Waals surface area contributed by atoms with Crippen molar-refractivity contribution >= 4 is 0 Å². The van der Waals surface area contributed by atoms with Crippen molar-refractivity contribution in [3.05, 3.63) is 53.1 Å².